The van der Waals surface area contributed by atoms with Gasteiger partial charge in [-0.1, -0.05) is 0 Å². The third-order valence-corrected chi connectivity index (χ3v) is 5.02. The first kappa shape index (κ1) is 20.2. The zero-order valence-electron chi connectivity index (χ0n) is 15.8. The lowest BCUT2D eigenvalue weighted by Gasteiger charge is -2.35. The summed E-state index contributed by atoms with van der Waals surface area (Å²) in [5.41, 5.74) is 6.52. The summed E-state index contributed by atoms with van der Waals surface area (Å²) >= 11 is 0. The number of nitrogens with one attached hydrogen (secondary N) is 1. The lowest BCUT2D eigenvalue weighted by atomic mass is 9.96. The number of nitrogens with zero attached hydrogens (tertiary/aromatic N) is 2. The predicted molar refractivity (Wildman–Crippen MR) is 100 cm³/mol. The zero-order chi connectivity index (χ0) is 19.9. The number of rotatable bonds is 3. The Morgan fingerprint density at radius 1 is 1.11 bits per heavy atom. The van der Waals surface area contributed by atoms with Crippen LogP contribution >= 0.6 is 0 Å². The Balaban J connectivity index is 0.000000236. The summed E-state index contributed by atoms with van der Waals surface area (Å²) in [5, 5.41) is 2.20. The molecule has 9 heteroatoms. The first-order valence-electron chi connectivity index (χ1n) is 9.59. The molecule has 0 saturated carbocycles. The quantitative estimate of drug-likeness (QED) is 0.724. The van der Waals surface area contributed by atoms with Crippen LogP contribution in [0.4, 0.5) is 5.69 Å². The van der Waals surface area contributed by atoms with Crippen LogP contribution in [0, 0.1) is 5.92 Å². The number of primary amides is 1. The minimum atomic E-state index is -0.495. The number of nitrogens with two attached hydrogens (primary N) is 1. The van der Waals surface area contributed by atoms with Gasteiger partial charge >= 0.3 is 0 Å². The second-order valence-electron chi connectivity index (χ2n) is 7.03. The van der Waals surface area contributed by atoms with E-state index in [0.717, 1.165) is 31.6 Å². The number of amides is 3. The topological polar surface area (TPSA) is 124 Å². The van der Waals surface area contributed by atoms with Gasteiger partial charge in [0, 0.05) is 31.8 Å². The minimum Gasteiger partial charge on any atom is -0.370 e. The van der Waals surface area contributed by atoms with Crippen LogP contribution in [-0.2, 0) is 19.1 Å². The van der Waals surface area contributed by atoms with Gasteiger partial charge in [0.1, 0.15) is 5.69 Å². The van der Waals surface area contributed by atoms with E-state index < -0.39 is 5.91 Å². The zero-order valence-corrected chi connectivity index (χ0v) is 15.8. The molecule has 4 heterocycles. The minimum absolute atomic E-state index is 0.0208. The Morgan fingerprint density at radius 3 is 2.21 bits per heavy atom. The van der Waals surface area contributed by atoms with E-state index in [0.29, 0.717) is 44.1 Å². The van der Waals surface area contributed by atoms with Crippen molar-refractivity contribution in [2.24, 2.45) is 11.7 Å². The molecule has 1 aromatic heterocycles. The van der Waals surface area contributed by atoms with Crippen molar-refractivity contribution in [1.82, 2.24) is 10.3 Å². The van der Waals surface area contributed by atoms with Gasteiger partial charge in [-0.2, -0.15) is 0 Å². The molecule has 152 valence electrons. The molecule has 9 nitrogen and oxygen atoms in total. The normalized spacial score (nSPS) is 21.1. The van der Waals surface area contributed by atoms with E-state index in [-0.39, 0.29) is 18.1 Å². The molecule has 0 spiro atoms. The van der Waals surface area contributed by atoms with E-state index in [1.165, 1.54) is 0 Å². The molecule has 3 saturated heterocycles. The fourth-order valence-electron chi connectivity index (χ4n) is 3.49. The van der Waals surface area contributed by atoms with Crippen LogP contribution in [0.5, 0.6) is 0 Å². The summed E-state index contributed by atoms with van der Waals surface area (Å²) in [5.74, 6) is -0.292. The molecule has 3 aliphatic rings. The number of piperidine rings is 2. The maximum absolute atomic E-state index is 11.0. The molecule has 3 fully saturated rings. The molecule has 3 amide bonds. The van der Waals surface area contributed by atoms with Crippen molar-refractivity contribution in [3.05, 3.63) is 24.0 Å². The van der Waals surface area contributed by atoms with Crippen molar-refractivity contribution in [3.63, 3.8) is 0 Å². The molecule has 0 aliphatic carbocycles. The maximum Gasteiger partial charge on any atom is 0.267 e. The molecule has 1 aromatic rings. The number of hydrogen-bond donors (Lipinski definition) is 2. The average molecular weight is 390 g/mol. The van der Waals surface area contributed by atoms with E-state index in [4.69, 9.17) is 15.2 Å². The SMILES string of the molecule is NC(=O)c1ccc(N2CCC(C3OCCO3)CC2)cn1.O=C1CCCC(=O)N1. The average Bonchev–Trinajstić information content (AvgIpc) is 3.23. The molecular formula is C19H26N4O5. The fourth-order valence-corrected chi connectivity index (χ4v) is 3.49. The molecule has 4 rings (SSSR count). The second-order valence-corrected chi connectivity index (χ2v) is 7.03. The van der Waals surface area contributed by atoms with Gasteiger partial charge in [-0.3, -0.25) is 19.7 Å². The van der Waals surface area contributed by atoms with E-state index in [1.807, 2.05) is 6.07 Å². The van der Waals surface area contributed by atoms with Crippen molar-refractivity contribution in [2.45, 2.75) is 38.4 Å². The highest BCUT2D eigenvalue weighted by Crippen LogP contribution is 2.28. The third-order valence-electron chi connectivity index (χ3n) is 5.02. The van der Waals surface area contributed by atoms with Crippen molar-refractivity contribution in [3.8, 4) is 0 Å². The van der Waals surface area contributed by atoms with Gasteiger partial charge in [0.2, 0.25) is 11.8 Å². The molecular weight excluding hydrogens is 364 g/mol. The summed E-state index contributed by atoms with van der Waals surface area (Å²) < 4.78 is 11.1. The van der Waals surface area contributed by atoms with E-state index in [2.05, 4.69) is 15.2 Å². The van der Waals surface area contributed by atoms with E-state index >= 15 is 0 Å². The molecule has 0 unspecified atom stereocenters. The van der Waals surface area contributed by atoms with Crippen LogP contribution in [0.1, 0.15) is 42.6 Å². The summed E-state index contributed by atoms with van der Waals surface area (Å²) in [6.07, 6.45) is 5.50. The first-order valence-corrected chi connectivity index (χ1v) is 9.59. The van der Waals surface area contributed by atoms with Gasteiger partial charge in [0.05, 0.1) is 25.1 Å². The van der Waals surface area contributed by atoms with Gasteiger partial charge in [0.25, 0.3) is 5.91 Å². The Hall–Kier alpha value is -2.52. The van der Waals surface area contributed by atoms with Gasteiger partial charge in [-0.05, 0) is 31.4 Å². The summed E-state index contributed by atoms with van der Waals surface area (Å²) in [6.45, 7) is 3.32. The number of pyridine rings is 1. The van der Waals surface area contributed by atoms with Gasteiger partial charge in [-0.15, -0.1) is 0 Å². The third kappa shape index (κ3) is 5.49. The number of hydrogen-bond acceptors (Lipinski definition) is 7. The van der Waals surface area contributed by atoms with Gasteiger partial charge in [-0.25, -0.2) is 4.98 Å². The van der Waals surface area contributed by atoms with E-state index in [1.54, 1.807) is 12.3 Å². The Bertz CT molecular complexity index is 681. The van der Waals surface area contributed by atoms with Crippen molar-refractivity contribution < 1.29 is 23.9 Å². The second kappa shape index (κ2) is 9.61. The highest BCUT2D eigenvalue weighted by atomic mass is 16.7. The number of carbonyl (C=O) groups excluding carboxylic acids is 3. The molecule has 3 aliphatic heterocycles. The van der Waals surface area contributed by atoms with Gasteiger partial charge in [0.15, 0.2) is 6.29 Å². The number of imide groups is 1. The summed E-state index contributed by atoms with van der Waals surface area (Å²) in [7, 11) is 0. The van der Waals surface area contributed by atoms with Crippen molar-refractivity contribution >= 4 is 23.4 Å². The number of aromatic nitrogens is 1. The fraction of sp³-hybridized carbons (Fsp3) is 0.579. The largest absolute Gasteiger partial charge is 0.370 e. The molecule has 0 radical (unpaired) electrons. The Morgan fingerprint density at radius 2 is 1.75 bits per heavy atom. The smallest absolute Gasteiger partial charge is 0.267 e. The molecule has 0 atom stereocenters. The maximum atomic E-state index is 11.0. The van der Waals surface area contributed by atoms with Crippen LogP contribution in [0.2, 0.25) is 0 Å². The van der Waals surface area contributed by atoms with E-state index in [9.17, 15) is 14.4 Å². The van der Waals surface area contributed by atoms with Crippen molar-refractivity contribution in [2.75, 3.05) is 31.2 Å². The molecule has 0 aromatic carbocycles. The van der Waals surface area contributed by atoms with Crippen LogP contribution in [0.25, 0.3) is 0 Å². The standard InChI is InChI=1S/C14H19N3O3.C5H7NO2/c15-13(18)12-2-1-11(9-16-12)17-5-3-10(4-6-17)14-19-7-8-20-14;7-4-2-1-3-5(8)6-4/h1-2,9-10,14H,3-8H2,(H2,15,18);1-3H2,(H,6,7,8). The summed E-state index contributed by atoms with van der Waals surface area (Å²) in [4.78, 5) is 38.0. The number of anilines is 1. The Labute approximate surface area is 163 Å². The van der Waals surface area contributed by atoms with Crippen LogP contribution in [0.15, 0.2) is 18.3 Å². The van der Waals surface area contributed by atoms with Gasteiger partial charge < -0.3 is 20.1 Å². The summed E-state index contributed by atoms with van der Waals surface area (Å²) in [6, 6.07) is 3.57. The monoisotopic (exact) mass is 390 g/mol. The molecule has 28 heavy (non-hydrogen) atoms. The Kier molecular flexibility index (Phi) is 6.94. The number of ether oxygens (including phenoxy) is 2. The number of carbonyl (C=O) groups is 3. The highest BCUT2D eigenvalue weighted by molar-refractivity contribution is 5.97. The van der Waals surface area contributed by atoms with Crippen LogP contribution in [-0.4, -0.2) is 55.3 Å². The molecule has 0 bridgehead atoms. The highest BCUT2D eigenvalue weighted by Gasteiger charge is 2.30. The van der Waals surface area contributed by atoms with Crippen LogP contribution in [0.3, 0.4) is 0 Å². The predicted octanol–water partition coefficient (Wildman–Crippen LogP) is 0.583. The first-order chi connectivity index (χ1) is 13.5. The lowest BCUT2D eigenvalue weighted by molar-refractivity contribution is -0.132. The molecule has 3 N–H and O–H groups in total. The lowest BCUT2D eigenvalue weighted by Crippen LogP contribution is -2.38. The van der Waals surface area contributed by atoms with Crippen molar-refractivity contribution in [1.29, 1.82) is 0 Å². The van der Waals surface area contributed by atoms with Crippen LogP contribution < -0.4 is 16.0 Å².